The highest BCUT2D eigenvalue weighted by Crippen LogP contribution is 2.33. The molecule has 0 spiro atoms. The lowest BCUT2D eigenvalue weighted by molar-refractivity contribution is -0.113. The van der Waals surface area contributed by atoms with Gasteiger partial charge in [-0.15, -0.1) is 11.8 Å². The highest BCUT2D eigenvalue weighted by molar-refractivity contribution is 8.00. The van der Waals surface area contributed by atoms with E-state index in [-0.39, 0.29) is 16.8 Å². The predicted molar refractivity (Wildman–Crippen MR) is 78.6 cm³/mol. The standard InChI is InChI=1S/C12H10N4O3S2/c17-11-7-20-10-3-2-8(6-9(10)15-11)21(18,19)16-12-13-4-1-5-14-12/h1-6H,7H2,(H,15,17)(H,13,14,16). The van der Waals surface area contributed by atoms with Gasteiger partial charge in [-0.1, -0.05) is 0 Å². The highest BCUT2D eigenvalue weighted by atomic mass is 32.2. The van der Waals surface area contributed by atoms with Gasteiger partial charge in [-0.2, -0.15) is 0 Å². The number of amides is 1. The zero-order valence-corrected chi connectivity index (χ0v) is 12.2. The normalized spacial score (nSPS) is 14.2. The maximum absolute atomic E-state index is 12.3. The SMILES string of the molecule is O=C1CSc2ccc(S(=O)(=O)Nc3ncccn3)cc2N1. The molecule has 21 heavy (non-hydrogen) atoms. The molecule has 0 aliphatic carbocycles. The number of nitrogens with zero attached hydrogens (tertiary/aromatic N) is 2. The number of rotatable bonds is 3. The lowest BCUT2D eigenvalue weighted by atomic mass is 10.3. The van der Waals surface area contributed by atoms with Gasteiger partial charge in [0.2, 0.25) is 11.9 Å². The van der Waals surface area contributed by atoms with Crippen molar-refractivity contribution in [3.63, 3.8) is 0 Å². The lowest BCUT2D eigenvalue weighted by Crippen LogP contribution is -2.20. The van der Waals surface area contributed by atoms with Gasteiger partial charge < -0.3 is 5.32 Å². The molecule has 2 aromatic rings. The average Bonchev–Trinajstić information content (AvgIpc) is 2.47. The first kappa shape index (κ1) is 13.8. The Labute approximate surface area is 125 Å². The molecule has 108 valence electrons. The molecule has 0 fully saturated rings. The summed E-state index contributed by atoms with van der Waals surface area (Å²) >= 11 is 1.37. The molecule has 1 amide bonds. The molecule has 0 atom stereocenters. The minimum absolute atomic E-state index is 0.00590. The summed E-state index contributed by atoms with van der Waals surface area (Å²) in [6.45, 7) is 0. The highest BCUT2D eigenvalue weighted by Gasteiger charge is 2.21. The van der Waals surface area contributed by atoms with Crippen LogP contribution < -0.4 is 10.0 Å². The lowest BCUT2D eigenvalue weighted by Gasteiger charge is -2.17. The van der Waals surface area contributed by atoms with Crippen molar-refractivity contribution >= 4 is 39.3 Å². The number of thioether (sulfide) groups is 1. The number of aromatic nitrogens is 2. The molecular weight excluding hydrogens is 312 g/mol. The van der Waals surface area contributed by atoms with E-state index < -0.39 is 10.0 Å². The van der Waals surface area contributed by atoms with Gasteiger partial charge in [-0.05, 0) is 24.3 Å². The maximum Gasteiger partial charge on any atom is 0.264 e. The second-order valence-electron chi connectivity index (χ2n) is 4.17. The fraction of sp³-hybridized carbons (Fsp3) is 0.0833. The Morgan fingerprint density at radius 2 is 2.00 bits per heavy atom. The van der Waals surface area contributed by atoms with Crippen LogP contribution >= 0.6 is 11.8 Å². The van der Waals surface area contributed by atoms with Gasteiger partial charge >= 0.3 is 0 Å². The van der Waals surface area contributed by atoms with Crippen LogP contribution in [-0.4, -0.2) is 30.0 Å². The third-order valence-electron chi connectivity index (χ3n) is 2.69. The van der Waals surface area contributed by atoms with E-state index >= 15 is 0 Å². The van der Waals surface area contributed by atoms with Crippen molar-refractivity contribution in [3.05, 3.63) is 36.7 Å². The van der Waals surface area contributed by atoms with Crippen LogP contribution in [0.2, 0.25) is 0 Å². The van der Waals surface area contributed by atoms with E-state index in [0.717, 1.165) is 4.90 Å². The molecule has 9 heteroatoms. The molecule has 0 radical (unpaired) electrons. The Morgan fingerprint density at radius 3 is 2.76 bits per heavy atom. The molecule has 1 aliphatic heterocycles. The summed E-state index contributed by atoms with van der Waals surface area (Å²) in [6, 6.07) is 6.16. The van der Waals surface area contributed by atoms with Crippen LogP contribution in [0.3, 0.4) is 0 Å². The quantitative estimate of drug-likeness (QED) is 0.884. The first-order valence-electron chi connectivity index (χ1n) is 5.91. The molecule has 0 saturated heterocycles. The van der Waals surface area contributed by atoms with Gasteiger partial charge in [-0.25, -0.2) is 23.1 Å². The second kappa shape index (κ2) is 5.34. The first-order valence-corrected chi connectivity index (χ1v) is 8.38. The Hall–Kier alpha value is -2.13. The summed E-state index contributed by atoms with van der Waals surface area (Å²) in [7, 11) is -3.80. The molecule has 0 saturated carbocycles. The number of fused-ring (bicyclic) bond motifs is 1. The van der Waals surface area contributed by atoms with Crippen molar-refractivity contribution in [3.8, 4) is 0 Å². The van der Waals surface area contributed by atoms with Crippen molar-refractivity contribution in [2.75, 3.05) is 15.8 Å². The van der Waals surface area contributed by atoms with Gasteiger partial charge in [0.25, 0.3) is 10.0 Å². The van der Waals surface area contributed by atoms with E-state index in [4.69, 9.17) is 0 Å². The van der Waals surface area contributed by atoms with Crippen LogP contribution in [0.4, 0.5) is 11.6 Å². The topological polar surface area (TPSA) is 101 Å². The summed E-state index contributed by atoms with van der Waals surface area (Å²) in [5.74, 6) is 0.171. The summed E-state index contributed by atoms with van der Waals surface area (Å²) < 4.78 is 26.8. The third-order valence-corrected chi connectivity index (χ3v) is 5.08. The van der Waals surface area contributed by atoms with Crippen molar-refractivity contribution in [1.29, 1.82) is 0 Å². The van der Waals surface area contributed by atoms with Crippen LogP contribution in [0, 0.1) is 0 Å². The Balaban J connectivity index is 1.93. The van der Waals surface area contributed by atoms with Gasteiger partial charge in [0.1, 0.15) is 0 Å². The molecule has 1 aliphatic rings. The average molecular weight is 322 g/mol. The largest absolute Gasteiger partial charge is 0.324 e. The Kier molecular flexibility index (Phi) is 3.52. The fourth-order valence-corrected chi connectivity index (χ4v) is 3.53. The van der Waals surface area contributed by atoms with Gasteiger partial charge in [0.05, 0.1) is 16.3 Å². The molecule has 1 aromatic heterocycles. The van der Waals surface area contributed by atoms with E-state index in [2.05, 4.69) is 20.0 Å². The second-order valence-corrected chi connectivity index (χ2v) is 6.87. The molecule has 3 rings (SSSR count). The summed E-state index contributed by atoms with van der Waals surface area (Å²) in [5.41, 5.74) is 0.494. The van der Waals surface area contributed by atoms with Crippen LogP contribution in [0.15, 0.2) is 46.5 Å². The molecule has 1 aromatic carbocycles. The first-order chi connectivity index (χ1) is 10.0. The van der Waals surface area contributed by atoms with Crippen molar-refractivity contribution in [1.82, 2.24) is 9.97 Å². The number of carbonyl (C=O) groups is 1. The van der Waals surface area contributed by atoms with E-state index in [1.54, 1.807) is 12.1 Å². The van der Waals surface area contributed by atoms with Crippen molar-refractivity contribution in [2.45, 2.75) is 9.79 Å². The fourth-order valence-electron chi connectivity index (χ4n) is 1.76. The molecule has 7 nitrogen and oxygen atoms in total. The summed E-state index contributed by atoms with van der Waals surface area (Å²) in [6.07, 6.45) is 2.88. The van der Waals surface area contributed by atoms with Crippen LogP contribution in [0.25, 0.3) is 0 Å². The zero-order chi connectivity index (χ0) is 14.9. The smallest absolute Gasteiger partial charge is 0.264 e. The molecule has 0 bridgehead atoms. The molecule has 2 heterocycles. The Morgan fingerprint density at radius 1 is 1.24 bits per heavy atom. The number of nitrogens with one attached hydrogen (secondary N) is 2. The number of carbonyl (C=O) groups excluding carboxylic acids is 1. The van der Waals surface area contributed by atoms with Crippen LogP contribution in [0.5, 0.6) is 0 Å². The van der Waals surface area contributed by atoms with E-state index in [0.29, 0.717) is 11.4 Å². The van der Waals surface area contributed by atoms with Gasteiger partial charge in [0.15, 0.2) is 0 Å². The summed E-state index contributed by atoms with van der Waals surface area (Å²) in [4.78, 5) is 19.9. The van der Waals surface area contributed by atoms with E-state index in [1.807, 2.05) is 0 Å². The molecule has 2 N–H and O–H groups in total. The van der Waals surface area contributed by atoms with Crippen molar-refractivity contribution in [2.24, 2.45) is 0 Å². The zero-order valence-electron chi connectivity index (χ0n) is 10.6. The minimum atomic E-state index is -3.80. The monoisotopic (exact) mass is 322 g/mol. The predicted octanol–water partition coefficient (Wildman–Crippen LogP) is 1.32. The molecular formula is C12H10N4O3S2. The number of hydrogen-bond acceptors (Lipinski definition) is 6. The van der Waals surface area contributed by atoms with Gasteiger partial charge in [0, 0.05) is 17.3 Å². The number of anilines is 2. The Bertz CT molecular complexity index is 793. The third kappa shape index (κ3) is 2.98. The van der Waals surface area contributed by atoms with Crippen molar-refractivity contribution < 1.29 is 13.2 Å². The molecule has 0 unspecified atom stereocenters. The number of sulfonamides is 1. The van der Waals surface area contributed by atoms with Gasteiger partial charge in [-0.3, -0.25) is 4.79 Å². The van der Waals surface area contributed by atoms with Crippen LogP contribution in [0.1, 0.15) is 0 Å². The minimum Gasteiger partial charge on any atom is -0.324 e. The van der Waals surface area contributed by atoms with E-state index in [1.165, 1.54) is 36.3 Å². The number of hydrogen-bond donors (Lipinski definition) is 2. The number of benzene rings is 1. The van der Waals surface area contributed by atoms with E-state index in [9.17, 15) is 13.2 Å². The maximum atomic E-state index is 12.3. The summed E-state index contributed by atoms with van der Waals surface area (Å²) in [5, 5.41) is 2.65. The van der Waals surface area contributed by atoms with Crippen LogP contribution in [-0.2, 0) is 14.8 Å².